The van der Waals surface area contributed by atoms with Gasteiger partial charge in [0.1, 0.15) is 0 Å². The van der Waals surface area contributed by atoms with E-state index < -0.39 is 32.1 Å². The average molecular weight is 409 g/mol. The van der Waals surface area contributed by atoms with E-state index in [4.69, 9.17) is 11.6 Å². The molecule has 12 heteroatoms. The van der Waals surface area contributed by atoms with Crippen LogP contribution in [0, 0.1) is 37.3 Å². The van der Waals surface area contributed by atoms with Crippen LogP contribution in [-0.4, -0.2) is 32.6 Å². The zero-order valence-corrected chi connectivity index (χ0v) is 15.4. The second-order valence-corrected chi connectivity index (χ2v) is 6.25. The average Bonchev–Trinajstić information content (AvgIpc) is 2.62. The number of benzene rings is 2. The van der Waals surface area contributed by atoms with Crippen LogP contribution in [-0.2, 0) is 6.54 Å². The molecule has 0 aliphatic carbocycles. The van der Waals surface area contributed by atoms with Crippen LogP contribution in [0.3, 0.4) is 0 Å². The van der Waals surface area contributed by atoms with Gasteiger partial charge in [0.2, 0.25) is 0 Å². The van der Waals surface area contributed by atoms with Crippen LogP contribution < -0.4 is 0 Å². The van der Waals surface area contributed by atoms with E-state index in [1.807, 2.05) is 0 Å². The maximum Gasteiger partial charge on any atom is 0.279 e. The molecule has 0 spiro atoms. The Labute approximate surface area is 162 Å². The molecular formula is C16H13ClN4O7. The number of rotatable bonds is 6. The maximum atomic E-state index is 12.8. The first-order valence-corrected chi connectivity index (χ1v) is 8.02. The Bertz CT molecular complexity index is 1010. The molecule has 0 N–H and O–H groups in total. The summed E-state index contributed by atoms with van der Waals surface area (Å²) in [5.74, 6) is -0.730. The minimum atomic E-state index is -0.833. The minimum absolute atomic E-state index is 0.0300. The summed E-state index contributed by atoms with van der Waals surface area (Å²) in [6.45, 7) is 1.17. The van der Waals surface area contributed by atoms with E-state index in [2.05, 4.69) is 0 Å². The molecule has 0 radical (unpaired) electrons. The van der Waals surface area contributed by atoms with Gasteiger partial charge in [0.05, 0.1) is 26.4 Å². The number of nitro benzene ring substituents is 3. The van der Waals surface area contributed by atoms with E-state index in [0.717, 1.165) is 17.0 Å². The zero-order valence-electron chi connectivity index (χ0n) is 14.6. The molecule has 2 rings (SSSR count). The molecule has 0 atom stereocenters. The van der Waals surface area contributed by atoms with Gasteiger partial charge in [-0.2, -0.15) is 0 Å². The molecule has 0 bridgehead atoms. The highest BCUT2D eigenvalue weighted by Gasteiger charge is 2.26. The van der Waals surface area contributed by atoms with Gasteiger partial charge < -0.3 is 4.90 Å². The third kappa shape index (κ3) is 4.20. The van der Waals surface area contributed by atoms with Gasteiger partial charge in [0.25, 0.3) is 23.0 Å². The van der Waals surface area contributed by atoms with Crippen molar-refractivity contribution in [1.29, 1.82) is 0 Å². The number of hydrogen-bond acceptors (Lipinski definition) is 7. The second-order valence-electron chi connectivity index (χ2n) is 5.85. The maximum absolute atomic E-state index is 12.8. The molecule has 0 heterocycles. The number of halogens is 1. The highest BCUT2D eigenvalue weighted by atomic mass is 35.5. The molecule has 0 fully saturated rings. The van der Waals surface area contributed by atoms with Crippen molar-refractivity contribution >= 4 is 34.6 Å². The Morgan fingerprint density at radius 3 is 2.14 bits per heavy atom. The van der Waals surface area contributed by atoms with Crippen molar-refractivity contribution in [3.8, 4) is 0 Å². The zero-order chi connectivity index (χ0) is 21.2. The van der Waals surface area contributed by atoms with Crippen molar-refractivity contribution in [1.82, 2.24) is 4.90 Å². The summed E-state index contributed by atoms with van der Waals surface area (Å²) < 4.78 is 0. The molecular weight excluding hydrogens is 396 g/mol. The predicted octanol–water partition coefficient (Wildman–Crippen LogP) is 3.65. The molecule has 11 nitrogen and oxygen atoms in total. The van der Waals surface area contributed by atoms with Gasteiger partial charge in [-0.3, -0.25) is 35.1 Å². The highest BCUT2D eigenvalue weighted by molar-refractivity contribution is 6.31. The van der Waals surface area contributed by atoms with Gasteiger partial charge in [-0.1, -0.05) is 11.6 Å². The van der Waals surface area contributed by atoms with Crippen LogP contribution in [0.1, 0.15) is 21.5 Å². The van der Waals surface area contributed by atoms with Crippen LogP contribution in [0.25, 0.3) is 0 Å². The molecule has 0 aromatic heterocycles. The smallest absolute Gasteiger partial charge is 0.279 e. The van der Waals surface area contributed by atoms with Crippen molar-refractivity contribution in [2.75, 3.05) is 7.05 Å². The monoisotopic (exact) mass is 408 g/mol. The third-order valence-corrected chi connectivity index (χ3v) is 4.37. The van der Waals surface area contributed by atoms with Gasteiger partial charge in [-0.25, -0.2) is 0 Å². The summed E-state index contributed by atoms with van der Waals surface area (Å²) in [5.41, 5.74) is -1.34. The lowest BCUT2D eigenvalue weighted by Crippen LogP contribution is -2.27. The molecule has 2 aromatic carbocycles. The van der Waals surface area contributed by atoms with Crippen LogP contribution in [0.2, 0.25) is 5.02 Å². The standard InChI is InChI=1S/C16H13ClN4O7/c1-9-13(6-12(20(25)26)7-15(9)21(27)28)16(22)18(2)8-10-5-11(19(23)24)3-4-14(10)17/h3-7H,8H2,1-2H3. The Morgan fingerprint density at radius 1 is 1.00 bits per heavy atom. The third-order valence-electron chi connectivity index (χ3n) is 4.00. The highest BCUT2D eigenvalue weighted by Crippen LogP contribution is 2.29. The first-order chi connectivity index (χ1) is 13.0. The summed E-state index contributed by atoms with van der Waals surface area (Å²) in [5, 5.41) is 33.3. The molecule has 0 aliphatic heterocycles. The fourth-order valence-corrected chi connectivity index (χ4v) is 2.71. The van der Waals surface area contributed by atoms with Gasteiger partial charge in [-0.05, 0) is 18.6 Å². The van der Waals surface area contributed by atoms with Gasteiger partial charge in [-0.15, -0.1) is 0 Å². The van der Waals surface area contributed by atoms with Crippen LogP contribution in [0.15, 0.2) is 30.3 Å². The molecule has 2 aromatic rings. The number of hydrogen-bond donors (Lipinski definition) is 0. The Balaban J connectivity index is 2.43. The number of nitro groups is 3. The summed E-state index contributed by atoms with van der Waals surface area (Å²) in [6, 6.07) is 5.47. The molecule has 0 saturated carbocycles. The Kier molecular flexibility index (Phi) is 5.89. The molecule has 0 unspecified atom stereocenters. The normalized spacial score (nSPS) is 10.4. The summed E-state index contributed by atoms with van der Waals surface area (Å²) in [4.78, 5) is 44.7. The fourth-order valence-electron chi connectivity index (χ4n) is 2.53. The van der Waals surface area contributed by atoms with Crippen molar-refractivity contribution in [2.24, 2.45) is 0 Å². The Morgan fingerprint density at radius 2 is 1.61 bits per heavy atom. The summed E-state index contributed by atoms with van der Waals surface area (Å²) >= 11 is 6.02. The predicted molar refractivity (Wildman–Crippen MR) is 98.4 cm³/mol. The lowest BCUT2D eigenvalue weighted by Gasteiger charge is -2.19. The number of carbonyl (C=O) groups is 1. The van der Waals surface area contributed by atoms with E-state index in [0.29, 0.717) is 0 Å². The van der Waals surface area contributed by atoms with Crippen LogP contribution in [0.5, 0.6) is 0 Å². The quantitative estimate of drug-likeness (QED) is 0.522. The van der Waals surface area contributed by atoms with Crippen LogP contribution >= 0.6 is 11.6 Å². The molecule has 1 amide bonds. The van der Waals surface area contributed by atoms with E-state index in [-0.39, 0.29) is 33.9 Å². The molecule has 0 aliphatic rings. The second kappa shape index (κ2) is 7.96. The van der Waals surface area contributed by atoms with E-state index in [9.17, 15) is 35.1 Å². The van der Waals surface area contributed by atoms with Crippen molar-refractivity contribution in [3.05, 3.63) is 82.4 Å². The Hall–Kier alpha value is -3.60. The number of nitrogens with zero attached hydrogens (tertiary/aromatic N) is 4. The van der Waals surface area contributed by atoms with E-state index in [1.54, 1.807) is 0 Å². The van der Waals surface area contributed by atoms with Gasteiger partial charge >= 0.3 is 0 Å². The molecule has 0 saturated heterocycles. The van der Waals surface area contributed by atoms with Gasteiger partial charge in [0.15, 0.2) is 0 Å². The van der Waals surface area contributed by atoms with Gasteiger partial charge in [0, 0.05) is 42.4 Å². The topological polar surface area (TPSA) is 150 Å². The molecule has 146 valence electrons. The summed E-state index contributed by atoms with van der Waals surface area (Å²) in [6.07, 6.45) is 0. The number of amides is 1. The van der Waals surface area contributed by atoms with E-state index in [1.165, 1.54) is 32.2 Å². The van der Waals surface area contributed by atoms with E-state index >= 15 is 0 Å². The largest absolute Gasteiger partial charge is 0.337 e. The van der Waals surface area contributed by atoms with Crippen molar-refractivity contribution < 1.29 is 19.6 Å². The minimum Gasteiger partial charge on any atom is -0.337 e. The first-order valence-electron chi connectivity index (χ1n) is 7.64. The first kappa shape index (κ1) is 20.7. The SMILES string of the molecule is Cc1c(C(=O)N(C)Cc2cc([N+](=O)[O-])ccc2Cl)cc([N+](=O)[O-])cc1[N+](=O)[O-]. The number of non-ortho nitro benzene ring substituents is 2. The number of carbonyl (C=O) groups excluding carboxylic acids is 1. The van der Waals surface area contributed by atoms with Crippen molar-refractivity contribution in [2.45, 2.75) is 13.5 Å². The lowest BCUT2D eigenvalue weighted by molar-refractivity contribution is -0.394. The lowest BCUT2D eigenvalue weighted by atomic mass is 10.0. The fraction of sp³-hybridized carbons (Fsp3) is 0.188. The van der Waals surface area contributed by atoms with Crippen molar-refractivity contribution in [3.63, 3.8) is 0 Å². The summed E-state index contributed by atoms with van der Waals surface area (Å²) in [7, 11) is 1.35. The van der Waals surface area contributed by atoms with Crippen LogP contribution in [0.4, 0.5) is 17.1 Å². The molecule has 28 heavy (non-hydrogen) atoms.